The first kappa shape index (κ1) is 13.1. The van der Waals surface area contributed by atoms with Crippen molar-refractivity contribution < 1.29 is 13.9 Å². The Morgan fingerprint density at radius 1 is 1.28 bits per heavy atom. The number of benzene rings is 1. The molecule has 0 aliphatic carbocycles. The van der Waals surface area contributed by atoms with Crippen LogP contribution in [0, 0.1) is 11.6 Å². The van der Waals surface area contributed by atoms with E-state index in [4.69, 9.17) is 0 Å². The van der Waals surface area contributed by atoms with Gasteiger partial charge < -0.3 is 10.4 Å². The average Bonchev–Trinajstić information content (AvgIpc) is 2.85. The van der Waals surface area contributed by atoms with Crippen LogP contribution in [0.5, 0.6) is 0 Å². The average molecular weight is 269 g/mol. The third-order valence-corrected chi connectivity index (χ3v) is 3.51. The number of hydrogen-bond acceptors (Lipinski definition) is 3. The topological polar surface area (TPSA) is 32.3 Å². The summed E-state index contributed by atoms with van der Waals surface area (Å²) < 4.78 is 26.0. The smallest absolute Gasteiger partial charge is 0.130 e. The Bertz CT molecular complexity index is 502. The minimum absolute atomic E-state index is 0.258. The molecule has 0 aliphatic heterocycles. The lowest BCUT2D eigenvalue weighted by Gasteiger charge is -2.10. The molecule has 2 aromatic rings. The van der Waals surface area contributed by atoms with Gasteiger partial charge in [0.1, 0.15) is 17.7 Å². The van der Waals surface area contributed by atoms with Gasteiger partial charge in [0.15, 0.2) is 0 Å². The van der Waals surface area contributed by atoms with E-state index in [9.17, 15) is 13.9 Å². The van der Waals surface area contributed by atoms with Crippen LogP contribution >= 0.6 is 11.3 Å². The van der Waals surface area contributed by atoms with Gasteiger partial charge in [0, 0.05) is 29.6 Å². The Morgan fingerprint density at radius 2 is 2.11 bits per heavy atom. The first-order valence-corrected chi connectivity index (χ1v) is 6.41. The minimum Gasteiger partial charge on any atom is -0.386 e. The van der Waals surface area contributed by atoms with E-state index in [1.807, 2.05) is 17.5 Å². The molecule has 96 valence electrons. The van der Waals surface area contributed by atoms with E-state index in [0.717, 1.165) is 10.9 Å². The van der Waals surface area contributed by atoms with Crippen LogP contribution in [0.15, 0.2) is 35.7 Å². The first-order valence-electron chi connectivity index (χ1n) is 5.53. The van der Waals surface area contributed by atoms with Crippen molar-refractivity contribution in [2.24, 2.45) is 0 Å². The van der Waals surface area contributed by atoms with E-state index in [-0.39, 0.29) is 6.54 Å². The second-order valence-corrected chi connectivity index (χ2v) is 4.88. The normalized spacial score (nSPS) is 12.6. The Kier molecular flexibility index (Phi) is 4.41. The highest BCUT2D eigenvalue weighted by Crippen LogP contribution is 2.18. The molecular weight excluding hydrogens is 256 g/mol. The quantitative estimate of drug-likeness (QED) is 0.875. The summed E-state index contributed by atoms with van der Waals surface area (Å²) in [5.41, 5.74) is 0.384. The molecule has 0 spiro atoms. The molecule has 0 radical (unpaired) electrons. The van der Waals surface area contributed by atoms with Crippen molar-refractivity contribution in [1.29, 1.82) is 0 Å². The highest BCUT2D eigenvalue weighted by atomic mass is 32.1. The molecule has 0 fully saturated rings. The van der Waals surface area contributed by atoms with Crippen molar-refractivity contribution >= 4 is 11.3 Å². The zero-order valence-corrected chi connectivity index (χ0v) is 10.4. The molecule has 2 N–H and O–H groups in total. The Labute approximate surface area is 108 Å². The van der Waals surface area contributed by atoms with Crippen molar-refractivity contribution in [2.75, 3.05) is 6.54 Å². The minimum atomic E-state index is -0.603. The molecule has 0 bridgehead atoms. The number of rotatable bonds is 5. The van der Waals surface area contributed by atoms with E-state index in [2.05, 4.69) is 5.32 Å². The lowest BCUT2D eigenvalue weighted by atomic mass is 10.2. The third kappa shape index (κ3) is 3.35. The molecule has 5 heteroatoms. The summed E-state index contributed by atoms with van der Waals surface area (Å²) in [6.07, 6.45) is -0.603. The van der Waals surface area contributed by atoms with Gasteiger partial charge in [-0.1, -0.05) is 12.1 Å². The van der Waals surface area contributed by atoms with E-state index in [1.165, 1.54) is 23.5 Å². The summed E-state index contributed by atoms with van der Waals surface area (Å²) in [7, 11) is 0. The Hall–Kier alpha value is -1.30. The summed E-state index contributed by atoms with van der Waals surface area (Å²) in [5, 5.41) is 14.6. The summed E-state index contributed by atoms with van der Waals surface area (Å²) in [4.78, 5) is 0.863. The Morgan fingerprint density at radius 3 is 2.78 bits per heavy atom. The molecule has 1 atom stereocenters. The molecule has 0 aliphatic rings. The molecule has 2 nitrogen and oxygen atoms in total. The summed E-state index contributed by atoms with van der Waals surface area (Å²) in [5.74, 6) is -1.16. The maximum Gasteiger partial charge on any atom is 0.130 e. The zero-order chi connectivity index (χ0) is 13.0. The van der Waals surface area contributed by atoms with Crippen LogP contribution in [0.2, 0.25) is 0 Å². The van der Waals surface area contributed by atoms with E-state index < -0.39 is 17.7 Å². The van der Waals surface area contributed by atoms with Crippen LogP contribution in [0.4, 0.5) is 8.78 Å². The molecule has 0 saturated carbocycles. The van der Waals surface area contributed by atoms with E-state index in [0.29, 0.717) is 12.1 Å². The summed E-state index contributed by atoms with van der Waals surface area (Å²) in [6, 6.07) is 7.18. The molecule has 0 saturated heterocycles. The lowest BCUT2D eigenvalue weighted by molar-refractivity contribution is 0.178. The van der Waals surface area contributed by atoms with Gasteiger partial charge in [0.05, 0.1) is 0 Å². The van der Waals surface area contributed by atoms with Crippen LogP contribution in [0.3, 0.4) is 0 Å². The van der Waals surface area contributed by atoms with E-state index in [1.54, 1.807) is 0 Å². The van der Waals surface area contributed by atoms with Crippen LogP contribution in [-0.4, -0.2) is 11.7 Å². The SMILES string of the molecule is OC(CNCc1ccc(F)cc1F)c1cccs1. The molecular formula is C13H13F2NOS. The van der Waals surface area contributed by atoms with Crippen molar-refractivity contribution in [3.05, 3.63) is 57.8 Å². The molecule has 2 rings (SSSR count). The number of aliphatic hydroxyl groups is 1. The number of thiophene rings is 1. The first-order chi connectivity index (χ1) is 8.66. The second kappa shape index (κ2) is 6.04. The number of nitrogens with one attached hydrogen (secondary N) is 1. The van der Waals surface area contributed by atoms with Gasteiger partial charge in [-0.2, -0.15) is 0 Å². The summed E-state index contributed by atoms with van der Waals surface area (Å²) in [6.45, 7) is 0.589. The number of halogens is 2. The van der Waals surface area contributed by atoms with Gasteiger partial charge >= 0.3 is 0 Å². The van der Waals surface area contributed by atoms with Gasteiger partial charge in [0.25, 0.3) is 0 Å². The third-order valence-electron chi connectivity index (χ3n) is 2.54. The van der Waals surface area contributed by atoms with Gasteiger partial charge in [-0.25, -0.2) is 8.78 Å². The Balaban J connectivity index is 1.85. The highest BCUT2D eigenvalue weighted by molar-refractivity contribution is 7.10. The zero-order valence-electron chi connectivity index (χ0n) is 9.57. The van der Waals surface area contributed by atoms with Crippen LogP contribution in [0.1, 0.15) is 16.5 Å². The largest absolute Gasteiger partial charge is 0.386 e. The molecule has 1 unspecified atom stereocenters. The predicted octanol–water partition coefficient (Wildman–Crippen LogP) is 2.85. The van der Waals surface area contributed by atoms with Crippen LogP contribution < -0.4 is 5.32 Å². The predicted molar refractivity (Wildman–Crippen MR) is 67.3 cm³/mol. The fraction of sp³-hybridized carbons (Fsp3) is 0.231. The van der Waals surface area contributed by atoms with Gasteiger partial charge in [-0.05, 0) is 17.5 Å². The monoisotopic (exact) mass is 269 g/mol. The number of hydrogen-bond donors (Lipinski definition) is 2. The number of aliphatic hydroxyl groups excluding tert-OH is 1. The molecule has 1 aromatic heterocycles. The van der Waals surface area contributed by atoms with Crippen molar-refractivity contribution in [3.63, 3.8) is 0 Å². The van der Waals surface area contributed by atoms with E-state index >= 15 is 0 Å². The maximum absolute atomic E-state index is 13.3. The fourth-order valence-corrected chi connectivity index (χ4v) is 2.30. The van der Waals surface area contributed by atoms with Gasteiger partial charge in [-0.3, -0.25) is 0 Å². The molecule has 1 aromatic carbocycles. The molecule has 0 amide bonds. The van der Waals surface area contributed by atoms with Crippen LogP contribution in [0.25, 0.3) is 0 Å². The highest BCUT2D eigenvalue weighted by Gasteiger charge is 2.08. The molecule has 1 heterocycles. The standard InChI is InChI=1S/C13H13F2NOS/c14-10-4-3-9(11(15)6-10)7-16-8-12(17)13-2-1-5-18-13/h1-6,12,16-17H,7-8H2. The van der Waals surface area contributed by atoms with Crippen molar-refractivity contribution in [2.45, 2.75) is 12.6 Å². The van der Waals surface area contributed by atoms with Crippen molar-refractivity contribution in [1.82, 2.24) is 5.32 Å². The van der Waals surface area contributed by atoms with Gasteiger partial charge in [-0.15, -0.1) is 11.3 Å². The lowest BCUT2D eigenvalue weighted by Crippen LogP contribution is -2.21. The second-order valence-electron chi connectivity index (χ2n) is 3.90. The van der Waals surface area contributed by atoms with Crippen LogP contribution in [-0.2, 0) is 6.54 Å². The van der Waals surface area contributed by atoms with Gasteiger partial charge in [0.2, 0.25) is 0 Å². The summed E-state index contributed by atoms with van der Waals surface area (Å²) >= 11 is 1.47. The fourth-order valence-electron chi connectivity index (χ4n) is 1.59. The molecule has 18 heavy (non-hydrogen) atoms. The van der Waals surface area contributed by atoms with Crippen molar-refractivity contribution in [3.8, 4) is 0 Å². The maximum atomic E-state index is 13.3.